The molecule has 0 spiro atoms. The molecule has 0 aromatic heterocycles. The molecule has 7 heteroatoms. The largest absolute Gasteiger partial charge is 0.487 e. The Labute approximate surface area is 181 Å². The Hall–Kier alpha value is -2.99. The topological polar surface area (TPSA) is 67.9 Å². The van der Waals surface area contributed by atoms with Gasteiger partial charge in [-0.25, -0.2) is 9.59 Å². The third-order valence-electron chi connectivity index (χ3n) is 5.19. The van der Waals surface area contributed by atoms with Crippen LogP contribution in [0.4, 0.5) is 4.79 Å². The van der Waals surface area contributed by atoms with E-state index in [0.717, 1.165) is 16.7 Å². The molecule has 1 aliphatic heterocycles. The lowest BCUT2D eigenvalue weighted by atomic mass is 9.95. The molecular weight excluding hydrogens is 404 g/mol. The van der Waals surface area contributed by atoms with Gasteiger partial charge in [0.2, 0.25) is 0 Å². The van der Waals surface area contributed by atoms with Gasteiger partial charge in [-0.05, 0) is 55.7 Å². The van der Waals surface area contributed by atoms with E-state index < -0.39 is 12.0 Å². The number of benzene rings is 2. The third-order valence-corrected chi connectivity index (χ3v) is 5.45. The fourth-order valence-corrected chi connectivity index (χ4v) is 3.44. The minimum Gasteiger partial charge on any atom is -0.487 e. The second kappa shape index (κ2) is 9.22. The van der Waals surface area contributed by atoms with Crippen molar-refractivity contribution in [1.82, 2.24) is 10.2 Å². The number of likely N-dealkylation sites (N-methyl/N-ethyl adjacent to an activating group) is 1. The van der Waals surface area contributed by atoms with Crippen molar-refractivity contribution in [3.05, 3.63) is 75.4 Å². The number of nitrogens with one attached hydrogen (secondary N) is 1. The van der Waals surface area contributed by atoms with E-state index in [1.807, 2.05) is 32.0 Å². The molecule has 0 aliphatic carbocycles. The van der Waals surface area contributed by atoms with Gasteiger partial charge in [0.1, 0.15) is 12.4 Å². The number of hydrogen-bond donors (Lipinski definition) is 1. The Bertz CT molecular complexity index is 985. The normalized spacial score (nSPS) is 16.4. The first kappa shape index (κ1) is 21.7. The maximum atomic E-state index is 12.9. The highest BCUT2D eigenvalue weighted by atomic mass is 35.5. The molecule has 0 unspecified atom stereocenters. The molecule has 1 atom stereocenters. The summed E-state index contributed by atoms with van der Waals surface area (Å²) in [6.07, 6.45) is 0. The van der Waals surface area contributed by atoms with E-state index in [0.29, 0.717) is 22.0 Å². The molecule has 0 saturated carbocycles. The van der Waals surface area contributed by atoms with Gasteiger partial charge in [0.15, 0.2) is 0 Å². The fraction of sp³-hybridized carbons (Fsp3) is 0.304. The van der Waals surface area contributed by atoms with Crippen molar-refractivity contribution in [2.24, 2.45) is 0 Å². The van der Waals surface area contributed by atoms with Crippen molar-refractivity contribution >= 4 is 23.6 Å². The predicted molar refractivity (Wildman–Crippen MR) is 116 cm³/mol. The Morgan fingerprint density at radius 1 is 1.17 bits per heavy atom. The van der Waals surface area contributed by atoms with Gasteiger partial charge in [-0.3, -0.25) is 4.90 Å². The van der Waals surface area contributed by atoms with Crippen molar-refractivity contribution in [3.63, 3.8) is 0 Å². The predicted octanol–water partition coefficient (Wildman–Crippen LogP) is 4.55. The summed E-state index contributed by atoms with van der Waals surface area (Å²) in [5, 5.41) is 3.44. The lowest BCUT2D eigenvalue weighted by Gasteiger charge is -2.34. The van der Waals surface area contributed by atoms with Gasteiger partial charge in [0.05, 0.1) is 23.9 Å². The van der Waals surface area contributed by atoms with Gasteiger partial charge in [0, 0.05) is 12.1 Å². The Morgan fingerprint density at radius 3 is 2.53 bits per heavy atom. The zero-order valence-electron chi connectivity index (χ0n) is 17.5. The van der Waals surface area contributed by atoms with Crippen LogP contribution in [0.5, 0.6) is 5.75 Å². The van der Waals surface area contributed by atoms with Gasteiger partial charge in [-0.15, -0.1) is 0 Å². The van der Waals surface area contributed by atoms with Crippen molar-refractivity contribution in [2.75, 3.05) is 20.3 Å². The van der Waals surface area contributed by atoms with E-state index >= 15 is 0 Å². The molecule has 0 fully saturated rings. The maximum Gasteiger partial charge on any atom is 0.338 e. The van der Waals surface area contributed by atoms with Crippen LogP contribution in [-0.2, 0) is 9.53 Å². The summed E-state index contributed by atoms with van der Waals surface area (Å²) in [6, 6.07) is 11.8. The number of amides is 2. The van der Waals surface area contributed by atoms with Crippen molar-refractivity contribution in [2.45, 2.75) is 26.8 Å². The number of nitrogens with zero attached hydrogens (tertiary/aromatic N) is 1. The zero-order chi connectivity index (χ0) is 21.8. The number of carbonyl (C=O) groups excluding carboxylic acids is 2. The maximum absolute atomic E-state index is 12.9. The molecule has 1 N–H and O–H groups in total. The number of carbonyl (C=O) groups is 2. The number of aryl methyl sites for hydroxylation is 1. The number of rotatable bonds is 6. The second-order valence-electron chi connectivity index (χ2n) is 7.06. The van der Waals surface area contributed by atoms with Crippen LogP contribution in [0.1, 0.15) is 29.7 Å². The molecule has 2 amide bonds. The van der Waals surface area contributed by atoms with E-state index in [1.165, 1.54) is 4.90 Å². The number of urea groups is 1. The van der Waals surface area contributed by atoms with Crippen molar-refractivity contribution in [3.8, 4) is 5.75 Å². The first-order valence-electron chi connectivity index (χ1n) is 9.72. The van der Waals surface area contributed by atoms with Crippen LogP contribution in [0.2, 0.25) is 5.02 Å². The van der Waals surface area contributed by atoms with Crippen LogP contribution in [-0.4, -0.2) is 37.2 Å². The summed E-state index contributed by atoms with van der Waals surface area (Å²) in [7, 11) is 1.61. The molecule has 30 heavy (non-hydrogen) atoms. The Kier molecular flexibility index (Phi) is 6.67. The lowest BCUT2D eigenvalue weighted by molar-refractivity contribution is -0.139. The van der Waals surface area contributed by atoms with Crippen LogP contribution in [0.25, 0.3) is 0 Å². The van der Waals surface area contributed by atoms with E-state index in [1.54, 1.807) is 38.2 Å². The molecule has 0 bridgehead atoms. The molecule has 0 saturated heterocycles. The van der Waals surface area contributed by atoms with E-state index in [-0.39, 0.29) is 19.2 Å². The van der Waals surface area contributed by atoms with Gasteiger partial charge >= 0.3 is 12.0 Å². The smallest absolute Gasteiger partial charge is 0.338 e. The number of esters is 1. The fourth-order valence-electron chi connectivity index (χ4n) is 3.31. The van der Waals surface area contributed by atoms with Crippen molar-refractivity contribution in [1.29, 1.82) is 0 Å². The highest BCUT2D eigenvalue weighted by Gasteiger charge is 2.37. The average molecular weight is 429 g/mol. The molecule has 0 radical (unpaired) electrons. The van der Waals surface area contributed by atoms with Crippen molar-refractivity contribution < 1.29 is 19.1 Å². The van der Waals surface area contributed by atoms with Crippen LogP contribution < -0.4 is 10.1 Å². The van der Waals surface area contributed by atoms with E-state index in [2.05, 4.69) is 5.32 Å². The number of halogens is 1. The minimum absolute atomic E-state index is 0.0481. The molecule has 2 aromatic carbocycles. The number of hydrogen-bond acceptors (Lipinski definition) is 4. The van der Waals surface area contributed by atoms with Gasteiger partial charge in [0.25, 0.3) is 0 Å². The summed E-state index contributed by atoms with van der Waals surface area (Å²) in [4.78, 5) is 27.0. The lowest BCUT2D eigenvalue weighted by Crippen LogP contribution is -2.48. The summed E-state index contributed by atoms with van der Waals surface area (Å²) >= 11 is 6.01. The van der Waals surface area contributed by atoms with Gasteiger partial charge in [-0.1, -0.05) is 35.9 Å². The molecule has 6 nitrogen and oxygen atoms in total. The molecule has 1 heterocycles. The van der Waals surface area contributed by atoms with Crippen LogP contribution >= 0.6 is 11.6 Å². The summed E-state index contributed by atoms with van der Waals surface area (Å²) in [5.74, 6) is 0.206. The first-order chi connectivity index (χ1) is 14.3. The second-order valence-corrected chi connectivity index (χ2v) is 7.50. The average Bonchev–Trinajstić information content (AvgIpc) is 2.72. The molecule has 2 aromatic rings. The summed E-state index contributed by atoms with van der Waals surface area (Å²) < 4.78 is 11.3. The monoisotopic (exact) mass is 428 g/mol. The SMILES string of the molecule is CCOC(=O)C1=C(COc2cccc(C)c2C)N(C)C(=O)N[C@H]1c1ccc(Cl)cc1. The van der Waals surface area contributed by atoms with Gasteiger partial charge < -0.3 is 14.8 Å². The molecule has 3 rings (SSSR count). The standard InChI is InChI=1S/C23H25ClN2O4/c1-5-29-22(27)20-18(13-30-19-8-6-7-14(2)15(19)3)26(4)23(28)25-21(20)16-9-11-17(24)12-10-16/h6-12,21H,5,13H2,1-4H3,(H,25,28)/t21-/m0/s1. The molecule has 158 valence electrons. The molecule has 1 aliphatic rings. The Morgan fingerprint density at radius 2 is 1.87 bits per heavy atom. The quantitative estimate of drug-likeness (QED) is 0.685. The molecular formula is C23H25ClN2O4. The first-order valence-corrected chi connectivity index (χ1v) is 10.1. The zero-order valence-corrected chi connectivity index (χ0v) is 18.2. The van der Waals surface area contributed by atoms with E-state index in [9.17, 15) is 9.59 Å². The summed E-state index contributed by atoms with van der Waals surface area (Å²) in [6.45, 7) is 5.99. The summed E-state index contributed by atoms with van der Waals surface area (Å²) in [5.41, 5.74) is 3.63. The van der Waals surface area contributed by atoms with Crippen LogP contribution in [0.15, 0.2) is 53.7 Å². The highest BCUT2D eigenvalue weighted by molar-refractivity contribution is 6.30. The number of ether oxygens (including phenoxy) is 2. The van der Waals surface area contributed by atoms with Crippen LogP contribution in [0, 0.1) is 13.8 Å². The minimum atomic E-state index is -0.665. The Balaban J connectivity index is 2.04. The third kappa shape index (κ3) is 4.44. The highest BCUT2D eigenvalue weighted by Crippen LogP contribution is 2.32. The van der Waals surface area contributed by atoms with E-state index in [4.69, 9.17) is 21.1 Å². The van der Waals surface area contributed by atoms with Gasteiger partial charge in [-0.2, -0.15) is 0 Å². The van der Waals surface area contributed by atoms with Crippen LogP contribution in [0.3, 0.4) is 0 Å².